The van der Waals surface area contributed by atoms with E-state index in [9.17, 15) is 0 Å². The van der Waals surface area contributed by atoms with E-state index in [0.717, 1.165) is 24.4 Å². The van der Waals surface area contributed by atoms with Crippen LogP contribution in [0, 0.1) is 0 Å². The highest BCUT2D eigenvalue weighted by molar-refractivity contribution is 5.27. The molecule has 0 aliphatic rings. The molecule has 21 heavy (non-hydrogen) atoms. The number of hydrogen-bond acceptors (Lipinski definition) is 3. The van der Waals surface area contributed by atoms with Gasteiger partial charge < -0.3 is 15.2 Å². The van der Waals surface area contributed by atoms with E-state index in [0.29, 0.717) is 0 Å². The molecule has 3 heteroatoms. The van der Waals surface area contributed by atoms with Gasteiger partial charge in [0.1, 0.15) is 5.75 Å². The Morgan fingerprint density at radius 2 is 1.62 bits per heavy atom. The summed E-state index contributed by atoms with van der Waals surface area (Å²) >= 11 is 0. The molecule has 112 valence electrons. The van der Waals surface area contributed by atoms with Gasteiger partial charge in [0.15, 0.2) is 0 Å². The van der Waals surface area contributed by atoms with Gasteiger partial charge in [-0.05, 0) is 42.7 Å². The largest absolute Gasteiger partial charge is 0.491 e. The second-order valence-corrected chi connectivity index (χ2v) is 5.39. The molecule has 0 saturated carbocycles. The average molecular weight is 285 g/mol. The first-order valence-electron chi connectivity index (χ1n) is 7.32. The molecule has 0 aliphatic carbocycles. The number of nitrogens with one attached hydrogen (secondary N) is 1. The van der Waals surface area contributed by atoms with Gasteiger partial charge in [-0.15, -0.1) is 0 Å². The number of rotatable bonds is 7. The lowest BCUT2D eigenvalue weighted by Gasteiger charge is -2.10. The van der Waals surface area contributed by atoms with Crippen LogP contribution in [-0.2, 0) is 19.7 Å². The van der Waals surface area contributed by atoms with Crippen LogP contribution >= 0.6 is 0 Å². The molecule has 0 aromatic heterocycles. The standard InChI is InChI=1S/C18H23NO2/c1-14(2)21-18-8-6-15(7-9-18)11-19-12-16-4-3-5-17(10-16)13-20/h3-10,14,19-20H,11-13H2,1-2H3. The minimum Gasteiger partial charge on any atom is -0.491 e. The maximum Gasteiger partial charge on any atom is 0.119 e. The molecular weight excluding hydrogens is 262 g/mol. The fraction of sp³-hybridized carbons (Fsp3) is 0.333. The molecule has 2 aromatic rings. The van der Waals surface area contributed by atoms with Gasteiger partial charge in [0, 0.05) is 13.1 Å². The topological polar surface area (TPSA) is 41.5 Å². The molecule has 2 N–H and O–H groups in total. The summed E-state index contributed by atoms with van der Waals surface area (Å²) in [6.45, 7) is 5.74. The van der Waals surface area contributed by atoms with Crippen LogP contribution in [0.25, 0.3) is 0 Å². The molecule has 0 unspecified atom stereocenters. The third-order valence-corrected chi connectivity index (χ3v) is 3.13. The molecule has 0 heterocycles. The minimum atomic E-state index is 0.0884. The Balaban J connectivity index is 1.82. The smallest absolute Gasteiger partial charge is 0.119 e. The molecule has 0 amide bonds. The summed E-state index contributed by atoms with van der Waals surface area (Å²) in [6, 6.07) is 16.1. The summed E-state index contributed by atoms with van der Waals surface area (Å²) in [5.41, 5.74) is 3.36. The van der Waals surface area contributed by atoms with Crippen molar-refractivity contribution in [2.45, 2.75) is 39.6 Å². The highest BCUT2D eigenvalue weighted by atomic mass is 16.5. The Morgan fingerprint density at radius 1 is 0.952 bits per heavy atom. The van der Waals surface area contributed by atoms with Crippen molar-refractivity contribution in [3.8, 4) is 5.75 Å². The van der Waals surface area contributed by atoms with Crippen LogP contribution in [0.15, 0.2) is 48.5 Å². The lowest BCUT2D eigenvalue weighted by Crippen LogP contribution is -2.13. The Hall–Kier alpha value is -1.84. The summed E-state index contributed by atoms with van der Waals surface area (Å²) < 4.78 is 5.62. The number of aliphatic hydroxyl groups is 1. The molecular formula is C18H23NO2. The fourth-order valence-corrected chi connectivity index (χ4v) is 2.15. The monoisotopic (exact) mass is 285 g/mol. The zero-order valence-electron chi connectivity index (χ0n) is 12.7. The van der Waals surface area contributed by atoms with E-state index < -0.39 is 0 Å². The first-order valence-corrected chi connectivity index (χ1v) is 7.32. The number of aliphatic hydroxyl groups excluding tert-OH is 1. The first-order chi connectivity index (χ1) is 10.2. The predicted octanol–water partition coefficient (Wildman–Crippen LogP) is 3.26. The van der Waals surface area contributed by atoms with Gasteiger partial charge in [0.05, 0.1) is 12.7 Å². The van der Waals surface area contributed by atoms with Crippen molar-refractivity contribution in [2.24, 2.45) is 0 Å². The zero-order chi connectivity index (χ0) is 15.1. The fourth-order valence-electron chi connectivity index (χ4n) is 2.15. The number of benzene rings is 2. The lowest BCUT2D eigenvalue weighted by atomic mass is 10.1. The molecule has 0 aliphatic heterocycles. The molecule has 0 spiro atoms. The van der Waals surface area contributed by atoms with E-state index in [1.165, 1.54) is 11.1 Å². The number of ether oxygens (including phenoxy) is 1. The summed E-state index contributed by atoms with van der Waals surface area (Å²) in [5.74, 6) is 0.907. The summed E-state index contributed by atoms with van der Waals surface area (Å²) in [5, 5.41) is 12.5. The van der Waals surface area contributed by atoms with E-state index in [2.05, 4.69) is 23.5 Å². The van der Waals surface area contributed by atoms with Crippen molar-refractivity contribution in [1.82, 2.24) is 5.32 Å². The van der Waals surface area contributed by atoms with E-state index in [4.69, 9.17) is 9.84 Å². The van der Waals surface area contributed by atoms with Crippen molar-refractivity contribution in [1.29, 1.82) is 0 Å². The zero-order valence-corrected chi connectivity index (χ0v) is 12.7. The van der Waals surface area contributed by atoms with E-state index >= 15 is 0 Å². The highest BCUT2D eigenvalue weighted by Crippen LogP contribution is 2.14. The van der Waals surface area contributed by atoms with Crippen LogP contribution in [0.5, 0.6) is 5.75 Å². The first kappa shape index (κ1) is 15.5. The SMILES string of the molecule is CC(C)Oc1ccc(CNCc2cccc(CO)c2)cc1. The van der Waals surface area contributed by atoms with Crippen LogP contribution in [0.2, 0.25) is 0 Å². The Bertz CT molecular complexity index is 549. The van der Waals surface area contributed by atoms with Gasteiger partial charge in [0.2, 0.25) is 0 Å². The second-order valence-electron chi connectivity index (χ2n) is 5.39. The van der Waals surface area contributed by atoms with Crippen LogP contribution in [0.4, 0.5) is 0 Å². The third-order valence-electron chi connectivity index (χ3n) is 3.13. The lowest BCUT2D eigenvalue weighted by molar-refractivity contribution is 0.242. The van der Waals surface area contributed by atoms with E-state index in [1.54, 1.807) is 0 Å². The summed E-state index contributed by atoms with van der Waals surface area (Å²) in [4.78, 5) is 0. The van der Waals surface area contributed by atoms with Crippen molar-refractivity contribution in [3.05, 3.63) is 65.2 Å². The van der Waals surface area contributed by atoms with Crippen molar-refractivity contribution in [3.63, 3.8) is 0 Å². The normalized spacial score (nSPS) is 10.9. The quantitative estimate of drug-likeness (QED) is 0.820. The molecule has 0 bridgehead atoms. The average Bonchev–Trinajstić information content (AvgIpc) is 2.49. The molecule has 3 nitrogen and oxygen atoms in total. The molecule has 2 rings (SSSR count). The van der Waals surface area contributed by atoms with Crippen LogP contribution in [0.1, 0.15) is 30.5 Å². The van der Waals surface area contributed by atoms with Gasteiger partial charge in [-0.2, -0.15) is 0 Å². The summed E-state index contributed by atoms with van der Waals surface area (Å²) in [6.07, 6.45) is 0.202. The van der Waals surface area contributed by atoms with Crippen LogP contribution in [0.3, 0.4) is 0 Å². The van der Waals surface area contributed by atoms with Crippen molar-refractivity contribution >= 4 is 0 Å². The van der Waals surface area contributed by atoms with Gasteiger partial charge >= 0.3 is 0 Å². The molecule has 2 aromatic carbocycles. The molecule has 0 atom stereocenters. The van der Waals surface area contributed by atoms with Gasteiger partial charge in [-0.3, -0.25) is 0 Å². The van der Waals surface area contributed by atoms with Crippen molar-refractivity contribution in [2.75, 3.05) is 0 Å². The Kier molecular flexibility index (Phi) is 5.78. The maximum atomic E-state index is 9.12. The molecule has 0 radical (unpaired) electrons. The molecule has 0 fully saturated rings. The molecule has 0 saturated heterocycles. The number of hydrogen-bond donors (Lipinski definition) is 2. The van der Waals surface area contributed by atoms with E-state index in [-0.39, 0.29) is 12.7 Å². The highest BCUT2D eigenvalue weighted by Gasteiger charge is 1.99. The third kappa shape index (κ3) is 5.21. The second kappa shape index (κ2) is 7.81. The maximum absolute atomic E-state index is 9.12. The predicted molar refractivity (Wildman–Crippen MR) is 85.1 cm³/mol. The van der Waals surface area contributed by atoms with E-state index in [1.807, 2.05) is 44.2 Å². The minimum absolute atomic E-state index is 0.0884. The van der Waals surface area contributed by atoms with Crippen LogP contribution in [-0.4, -0.2) is 11.2 Å². The van der Waals surface area contributed by atoms with Gasteiger partial charge in [0.25, 0.3) is 0 Å². The van der Waals surface area contributed by atoms with Crippen LogP contribution < -0.4 is 10.1 Å². The Labute approximate surface area is 126 Å². The van der Waals surface area contributed by atoms with Gasteiger partial charge in [-0.1, -0.05) is 36.4 Å². The summed E-state index contributed by atoms with van der Waals surface area (Å²) in [7, 11) is 0. The van der Waals surface area contributed by atoms with Crippen molar-refractivity contribution < 1.29 is 9.84 Å². The Morgan fingerprint density at radius 3 is 2.29 bits per heavy atom. The van der Waals surface area contributed by atoms with Gasteiger partial charge in [-0.25, -0.2) is 0 Å².